The first-order chi connectivity index (χ1) is 12.5. The summed E-state index contributed by atoms with van der Waals surface area (Å²) in [5.41, 5.74) is 0.385. The van der Waals surface area contributed by atoms with E-state index in [1.807, 2.05) is 23.8 Å². The number of hydrogen-bond acceptors (Lipinski definition) is 5. The van der Waals surface area contributed by atoms with Crippen molar-refractivity contribution in [1.82, 2.24) is 24.8 Å². The van der Waals surface area contributed by atoms with Crippen LogP contribution in [0.5, 0.6) is 0 Å². The number of halogens is 2. The van der Waals surface area contributed by atoms with E-state index < -0.39 is 0 Å². The molecule has 2 heterocycles. The molecule has 1 aromatic carbocycles. The Morgan fingerprint density at radius 3 is 2.73 bits per heavy atom. The van der Waals surface area contributed by atoms with Crippen LogP contribution >= 0.6 is 23.2 Å². The predicted octanol–water partition coefficient (Wildman–Crippen LogP) is 3.12. The van der Waals surface area contributed by atoms with Gasteiger partial charge in [0.05, 0.1) is 10.6 Å². The number of nitrogens with one attached hydrogen (secondary N) is 2. The molecule has 2 N–H and O–H groups in total. The highest BCUT2D eigenvalue weighted by molar-refractivity contribution is 6.36. The standard InChI is InChI=1S/C17H16Cl2N6O/c1-11-20-6-7-25(11)16-9-15(23-10-24-16)21-4-5-22-17(26)13-3-2-12(18)8-14(13)19/h2-3,6-10H,4-5H2,1H3,(H,22,26)(H,21,23,24). The quantitative estimate of drug-likeness (QED) is 0.631. The smallest absolute Gasteiger partial charge is 0.252 e. The third-order valence-electron chi connectivity index (χ3n) is 3.62. The summed E-state index contributed by atoms with van der Waals surface area (Å²) in [7, 11) is 0. The Morgan fingerprint density at radius 1 is 1.15 bits per heavy atom. The minimum atomic E-state index is -0.258. The van der Waals surface area contributed by atoms with Crippen LogP contribution in [0.4, 0.5) is 5.82 Å². The molecule has 7 nitrogen and oxygen atoms in total. The van der Waals surface area contributed by atoms with Crippen LogP contribution in [0.25, 0.3) is 5.82 Å². The van der Waals surface area contributed by atoms with Crippen molar-refractivity contribution in [3.63, 3.8) is 0 Å². The Hall–Kier alpha value is -2.64. The van der Waals surface area contributed by atoms with E-state index in [9.17, 15) is 4.79 Å². The van der Waals surface area contributed by atoms with Crippen LogP contribution in [0.3, 0.4) is 0 Å². The van der Waals surface area contributed by atoms with Crippen molar-refractivity contribution in [2.45, 2.75) is 6.92 Å². The van der Waals surface area contributed by atoms with E-state index in [4.69, 9.17) is 23.2 Å². The molecule has 3 aromatic rings. The summed E-state index contributed by atoms with van der Waals surface area (Å²) in [5.74, 6) is 1.95. The molecule has 26 heavy (non-hydrogen) atoms. The summed E-state index contributed by atoms with van der Waals surface area (Å²) in [6.45, 7) is 2.80. The van der Waals surface area contributed by atoms with E-state index in [0.29, 0.717) is 34.5 Å². The number of nitrogens with zero attached hydrogens (tertiary/aromatic N) is 4. The minimum Gasteiger partial charge on any atom is -0.368 e. The first-order valence-electron chi connectivity index (χ1n) is 7.84. The number of carbonyl (C=O) groups is 1. The topological polar surface area (TPSA) is 84.7 Å². The molecule has 0 aliphatic carbocycles. The lowest BCUT2D eigenvalue weighted by molar-refractivity contribution is 0.0955. The lowest BCUT2D eigenvalue weighted by Crippen LogP contribution is -2.29. The molecular weight excluding hydrogens is 375 g/mol. The number of aromatic nitrogens is 4. The average molecular weight is 391 g/mol. The van der Waals surface area contributed by atoms with Crippen LogP contribution < -0.4 is 10.6 Å². The van der Waals surface area contributed by atoms with Crippen LogP contribution in [-0.4, -0.2) is 38.5 Å². The third-order valence-corrected chi connectivity index (χ3v) is 4.17. The van der Waals surface area contributed by atoms with Gasteiger partial charge in [-0.1, -0.05) is 23.2 Å². The molecule has 2 aromatic heterocycles. The molecule has 134 valence electrons. The van der Waals surface area contributed by atoms with Gasteiger partial charge in [-0.2, -0.15) is 0 Å². The second kappa shape index (κ2) is 8.16. The van der Waals surface area contributed by atoms with Gasteiger partial charge in [-0.3, -0.25) is 9.36 Å². The van der Waals surface area contributed by atoms with E-state index in [-0.39, 0.29) is 5.91 Å². The minimum absolute atomic E-state index is 0.258. The van der Waals surface area contributed by atoms with Crippen molar-refractivity contribution in [1.29, 1.82) is 0 Å². The highest BCUT2D eigenvalue weighted by Crippen LogP contribution is 2.20. The number of carbonyl (C=O) groups excluding carboxylic acids is 1. The molecule has 0 atom stereocenters. The van der Waals surface area contributed by atoms with E-state index in [1.54, 1.807) is 18.3 Å². The van der Waals surface area contributed by atoms with Crippen molar-refractivity contribution < 1.29 is 4.79 Å². The Kier molecular flexibility index (Phi) is 5.70. The molecule has 1 amide bonds. The zero-order valence-corrected chi connectivity index (χ0v) is 15.4. The molecule has 3 rings (SSSR count). The van der Waals surface area contributed by atoms with Gasteiger partial charge < -0.3 is 10.6 Å². The number of imidazole rings is 1. The number of hydrogen-bond donors (Lipinski definition) is 2. The van der Waals surface area contributed by atoms with Crippen LogP contribution in [0.2, 0.25) is 10.0 Å². The fourth-order valence-corrected chi connectivity index (χ4v) is 2.83. The van der Waals surface area contributed by atoms with Crippen LogP contribution in [0, 0.1) is 6.92 Å². The molecule has 0 bridgehead atoms. The first kappa shape index (κ1) is 18.2. The Bertz CT molecular complexity index is 927. The zero-order chi connectivity index (χ0) is 18.5. The maximum atomic E-state index is 12.1. The molecule has 0 aliphatic rings. The molecule has 9 heteroatoms. The highest BCUT2D eigenvalue weighted by Gasteiger charge is 2.10. The van der Waals surface area contributed by atoms with E-state index >= 15 is 0 Å². The predicted molar refractivity (Wildman–Crippen MR) is 101 cm³/mol. The Balaban J connectivity index is 1.54. The van der Waals surface area contributed by atoms with Gasteiger partial charge in [0.1, 0.15) is 23.8 Å². The lowest BCUT2D eigenvalue weighted by Gasteiger charge is -2.10. The van der Waals surface area contributed by atoms with Crippen LogP contribution in [-0.2, 0) is 0 Å². The summed E-state index contributed by atoms with van der Waals surface area (Å²) in [4.78, 5) is 24.7. The van der Waals surface area contributed by atoms with Gasteiger partial charge in [-0.05, 0) is 25.1 Å². The van der Waals surface area contributed by atoms with Crippen LogP contribution in [0.15, 0.2) is 43.0 Å². The molecular formula is C17H16Cl2N6O. The Morgan fingerprint density at radius 2 is 2.00 bits per heavy atom. The monoisotopic (exact) mass is 390 g/mol. The van der Waals surface area contributed by atoms with Crippen molar-refractivity contribution in [3.8, 4) is 5.82 Å². The van der Waals surface area contributed by atoms with Gasteiger partial charge >= 0.3 is 0 Å². The van der Waals surface area contributed by atoms with Gasteiger partial charge in [-0.25, -0.2) is 15.0 Å². The number of rotatable bonds is 6. The number of amides is 1. The molecule has 0 saturated carbocycles. The average Bonchev–Trinajstić information content (AvgIpc) is 3.05. The molecule has 0 aliphatic heterocycles. The van der Waals surface area contributed by atoms with Crippen molar-refractivity contribution in [2.75, 3.05) is 18.4 Å². The van der Waals surface area contributed by atoms with Gasteiger partial charge in [0, 0.05) is 36.6 Å². The fourth-order valence-electron chi connectivity index (χ4n) is 2.33. The maximum Gasteiger partial charge on any atom is 0.252 e. The van der Waals surface area contributed by atoms with Gasteiger partial charge in [0.25, 0.3) is 5.91 Å². The van der Waals surface area contributed by atoms with Crippen LogP contribution in [0.1, 0.15) is 16.2 Å². The van der Waals surface area contributed by atoms with Crippen molar-refractivity contribution in [3.05, 3.63) is 64.4 Å². The summed E-state index contributed by atoms with van der Waals surface area (Å²) >= 11 is 11.9. The summed E-state index contributed by atoms with van der Waals surface area (Å²) in [6, 6.07) is 6.57. The maximum absolute atomic E-state index is 12.1. The highest BCUT2D eigenvalue weighted by atomic mass is 35.5. The first-order valence-corrected chi connectivity index (χ1v) is 8.59. The van der Waals surface area contributed by atoms with Crippen molar-refractivity contribution >= 4 is 34.9 Å². The number of anilines is 1. The number of aryl methyl sites for hydroxylation is 1. The van der Waals surface area contributed by atoms with Gasteiger partial charge in [0.2, 0.25) is 0 Å². The number of benzene rings is 1. The third kappa shape index (κ3) is 4.30. The second-order valence-electron chi connectivity index (χ2n) is 5.41. The van der Waals surface area contributed by atoms with Gasteiger partial charge in [0.15, 0.2) is 0 Å². The Labute approximate surface area is 160 Å². The molecule has 0 saturated heterocycles. The summed E-state index contributed by atoms with van der Waals surface area (Å²) in [5, 5.41) is 6.74. The van der Waals surface area contributed by atoms with E-state index in [2.05, 4.69) is 25.6 Å². The van der Waals surface area contributed by atoms with Crippen molar-refractivity contribution in [2.24, 2.45) is 0 Å². The normalized spacial score (nSPS) is 10.6. The second-order valence-corrected chi connectivity index (χ2v) is 6.26. The SMILES string of the molecule is Cc1nccn1-c1cc(NCCNC(=O)c2ccc(Cl)cc2Cl)ncn1. The molecule has 0 radical (unpaired) electrons. The molecule has 0 spiro atoms. The lowest BCUT2D eigenvalue weighted by atomic mass is 10.2. The van der Waals surface area contributed by atoms with E-state index in [0.717, 1.165) is 11.6 Å². The fraction of sp³-hybridized carbons (Fsp3) is 0.176. The van der Waals surface area contributed by atoms with Gasteiger partial charge in [-0.15, -0.1) is 0 Å². The van der Waals surface area contributed by atoms with E-state index in [1.165, 1.54) is 12.4 Å². The molecule has 0 fully saturated rings. The zero-order valence-electron chi connectivity index (χ0n) is 13.9. The summed E-state index contributed by atoms with van der Waals surface area (Å²) < 4.78 is 1.86. The summed E-state index contributed by atoms with van der Waals surface area (Å²) in [6.07, 6.45) is 5.02. The molecule has 0 unspecified atom stereocenters. The largest absolute Gasteiger partial charge is 0.368 e.